The molecule has 4 heterocycles. The number of nitrogens with one attached hydrogen (secondary N) is 2. The predicted molar refractivity (Wildman–Crippen MR) is 100.0 cm³/mol. The fourth-order valence-electron chi connectivity index (χ4n) is 2.69. The molecule has 134 valence electrons. The highest BCUT2D eigenvalue weighted by atomic mass is 32.1. The van der Waals surface area contributed by atoms with E-state index in [2.05, 4.69) is 25.2 Å². The third-order valence-electron chi connectivity index (χ3n) is 3.94. The number of thiophene rings is 1. The smallest absolute Gasteiger partial charge is 0.219 e. The maximum absolute atomic E-state index is 10.5. The molecule has 11 heteroatoms. The average Bonchev–Trinajstić information content (AvgIpc) is 2.99. The molecule has 0 amide bonds. The molecule has 0 aliphatic carbocycles. The van der Waals surface area contributed by atoms with E-state index in [0.717, 1.165) is 11.0 Å². The van der Waals surface area contributed by atoms with Crippen molar-refractivity contribution < 1.29 is 9.84 Å². The van der Waals surface area contributed by atoms with Gasteiger partial charge in [-0.05, 0) is 0 Å². The number of nitrogens with zero attached hydrogens (tertiary/aromatic N) is 5. The number of nitrogen functional groups attached to an aromatic ring is 1. The standard InChI is InChI=1S/C15H16N8O2S/c16-7-20-14-10(24)9-11(26-14)13(23-1-3-25-4-2-23)22-12(21-9)8-5-18-15(17)19-6-8/h5-7,24H,1-4H2,(H2,16,20)(H2,17,18,19). The van der Waals surface area contributed by atoms with Crippen molar-refractivity contribution in [1.82, 2.24) is 19.9 Å². The molecule has 0 atom stereocenters. The number of ether oxygens (including phenoxy) is 1. The van der Waals surface area contributed by atoms with E-state index in [1.165, 1.54) is 11.3 Å². The molecule has 1 saturated heterocycles. The van der Waals surface area contributed by atoms with Gasteiger partial charge in [0.25, 0.3) is 0 Å². The van der Waals surface area contributed by atoms with Crippen LogP contribution in [0.2, 0.25) is 0 Å². The highest BCUT2D eigenvalue weighted by molar-refractivity contribution is 7.24. The van der Waals surface area contributed by atoms with Crippen molar-refractivity contribution in [3.05, 3.63) is 12.4 Å². The van der Waals surface area contributed by atoms with Crippen LogP contribution in [0.15, 0.2) is 12.4 Å². The van der Waals surface area contributed by atoms with E-state index in [1.54, 1.807) is 12.4 Å². The van der Waals surface area contributed by atoms with Crippen LogP contribution in [0.4, 0.5) is 16.8 Å². The van der Waals surface area contributed by atoms with E-state index >= 15 is 0 Å². The summed E-state index contributed by atoms with van der Waals surface area (Å²) in [6, 6.07) is 0. The summed E-state index contributed by atoms with van der Waals surface area (Å²) >= 11 is 1.30. The van der Waals surface area contributed by atoms with E-state index < -0.39 is 0 Å². The zero-order valence-corrected chi connectivity index (χ0v) is 14.5. The summed E-state index contributed by atoms with van der Waals surface area (Å²) in [5.74, 6) is 1.26. The van der Waals surface area contributed by atoms with E-state index in [1.807, 2.05) is 0 Å². The Hall–Kier alpha value is -3.05. The summed E-state index contributed by atoms with van der Waals surface area (Å²) in [5.41, 5.74) is 6.57. The van der Waals surface area contributed by atoms with Gasteiger partial charge < -0.3 is 25.8 Å². The third-order valence-corrected chi connectivity index (χ3v) is 5.03. The number of hydrogen-bond donors (Lipinski definition) is 4. The molecule has 1 fully saturated rings. The molecule has 0 unspecified atom stereocenters. The second kappa shape index (κ2) is 6.69. The van der Waals surface area contributed by atoms with Gasteiger partial charge in [-0.15, -0.1) is 11.3 Å². The minimum absolute atomic E-state index is 0.0111. The van der Waals surface area contributed by atoms with Gasteiger partial charge in [-0.25, -0.2) is 19.9 Å². The van der Waals surface area contributed by atoms with Crippen LogP contribution in [0, 0.1) is 5.41 Å². The Morgan fingerprint density at radius 3 is 2.69 bits per heavy atom. The first-order valence-electron chi connectivity index (χ1n) is 7.87. The minimum Gasteiger partial charge on any atom is -0.503 e. The molecule has 0 bridgehead atoms. The summed E-state index contributed by atoms with van der Waals surface area (Å²) in [4.78, 5) is 19.2. The summed E-state index contributed by atoms with van der Waals surface area (Å²) < 4.78 is 6.17. The number of fused-ring (bicyclic) bond motifs is 1. The van der Waals surface area contributed by atoms with Crippen molar-refractivity contribution in [2.24, 2.45) is 0 Å². The fraction of sp³-hybridized carbons (Fsp3) is 0.267. The summed E-state index contributed by atoms with van der Waals surface area (Å²) in [7, 11) is 0. The van der Waals surface area contributed by atoms with Crippen LogP contribution in [-0.2, 0) is 4.74 Å². The number of hydrogen-bond acceptors (Lipinski definition) is 10. The Morgan fingerprint density at radius 1 is 1.27 bits per heavy atom. The molecular weight excluding hydrogens is 356 g/mol. The highest BCUT2D eigenvalue weighted by Gasteiger charge is 2.23. The number of aromatic hydroxyl groups is 1. The van der Waals surface area contributed by atoms with Gasteiger partial charge in [0.05, 0.1) is 25.1 Å². The second-order valence-electron chi connectivity index (χ2n) is 5.55. The molecule has 0 spiro atoms. The van der Waals surface area contributed by atoms with Crippen molar-refractivity contribution in [3.8, 4) is 17.1 Å². The van der Waals surface area contributed by atoms with Crippen molar-refractivity contribution in [3.63, 3.8) is 0 Å². The van der Waals surface area contributed by atoms with Crippen LogP contribution in [0.3, 0.4) is 0 Å². The van der Waals surface area contributed by atoms with Crippen molar-refractivity contribution in [2.45, 2.75) is 0 Å². The lowest BCUT2D eigenvalue weighted by Gasteiger charge is -2.28. The molecule has 0 saturated carbocycles. The Labute approximate surface area is 152 Å². The second-order valence-corrected chi connectivity index (χ2v) is 6.57. The molecule has 1 aliphatic heterocycles. The predicted octanol–water partition coefficient (Wildman–Crippen LogP) is 1.29. The lowest BCUT2D eigenvalue weighted by Crippen LogP contribution is -2.36. The molecule has 10 nitrogen and oxygen atoms in total. The van der Waals surface area contributed by atoms with Crippen LogP contribution in [0.1, 0.15) is 0 Å². The van der Waals surface area contributed by atoms with Crippen molar-refractivity contribution in [2.75, 3.05) is 42.3 Å². The molecule has 4 rings (SSSR count). The number of aromatic nitrogens is 4. The van der Waals surface area contributed by atoms with Crippen LogP contribution in [-0.4, -0.2) is 57.7 Å². The van der Waals surface area contributed by atoms with Crippen molar-refractivity contribution in [1.29, 1.82) is 5.41 Å². The van der Waals surface area contributed by atoms with Gasteiger partial charge in [0.1, 0.15) is 15.2 Å². The van der Waals surface area contributed by atoms with Crippen LogP contribution in [0.25, 0.3) is 21.6 Å². The summed E-state index contributed by atoms with van der Waals surface area (Å²) in [5, 5.41) is 20.9. The number of anilines is 3. The van der Waals surface area contributed by atoms with Crippen LogP contribution < -0.4 is 16.0 Å². The Balaban J connectivity index is 1.91. The molecule has 0 radical (unpaired) electrons. The number of morpholine rings is 1. The first-order valence-corrected chi connectivity index (χ1v) is 8.68. The summed E-state index contributed by atoms with van der Waals surface area (Å²) in [6.45, 7) is 2.59. The van der Waals surface area contributed by atoms with Gasteiger partial charge in [-0.3, -0.25) is 5.41 Å². The zero-order chi connectivity index (χ0) is 18.1. The fourth-order valence-corrected chi connectivity index (χ4v) is 3.71. The van der Waals surface area contributed by atoms with Gasteiger partial charge in [-0.1, -0.05) is 0 Å². The van der Waals surface area contributed by atoms with Gasteiger partial charge in [-0.2, -0.15) is 0 Å². The monoisotopic (exact) mass is 372 g/mol. The normalized spacial score (nSPS) is 14.5. The van der Waals surface area contributed by atoms with Gasteiger partial charge in [0.2, 0.25) is 5.95 Å². The zero-order valence-electron chi connectivity index (χ0n) is 13.6. The molecule has 0 aromatic carbocycles. The molecule has 3 aromatic rings. The first-order chi connectivity index (χ1) is 12.7. The topological polar surface area (TPSA) is 146 Å². The lowest BCUT2D eigenvalue weighted by atomic mass is 10.3. The van der Waals surface area contributed by atoms with Gasteiger partial charge >= 0.3 is 0 Å². The summed E-state index contributed by atoms with van der Waals surface area (Å²) in [6.07, 6.45) is 4.11. The number of rotatable bonds is 4. The van der Waals surface area contributed by atoms with E-state index in [0.29, 0.717) is 54.0 Å². The lowest BCUT2D eigenvalue weighted by molar-refractivity contribution is 0.122. The third kappa shape index (κ3) is 2.86. The van der Waals surface area contributed by atoms with E-state index in [-0.39, 0.29) is 11.7 Å². The molecular formula is C15H16N8O2S. The van der Waals surface area contributed by atoms with Crippen LogP contribution in [0.5, 0.6) is 5.75 Å². The molecule has 3 aromatic heterocycles. The first kappa shape index (κ1) is 16.4. The average molecular weight is 372 g/mol. The van der Waals surface area contributed by atoms with Gasteiger partial charge in [0.15, 0.2) is 17.4 Å². The Morgan fingerprint density at radius 2 is 2.00 bits per heavy atom. The largest absolute Gasteiger partial charge is 0.503 e. The number of nitrogens with two attached hydrogens (primary N) is 1. The maximum Gasteiger partial charge on any atom is 0.219 e. The Kier molecular flexibility index (Phi) is 4.22. The molecule has 1 aliphatic rings. The van der Waals surface area contributed by atoms with E-state index in [9.17, 15) is 5.11 Å². The van der Waals surface area contributed by atoms with E-state index in [4.69, 9.17) is 20.9 Å². The Bertz CT molecular complexity index is 952. The minimum atomic E-state index is -0.0111. The maximum atomic E-state index is 10.5. The van der Waals surface area contributed by atoms with Crippen LogP contribution >= 0.6 is 11.3 Å². The molecule has 5 N–H and O–H groups in total. The highest BCUT2D eigenvalue weighted by Crippen LogP contribution is 2.44. The SMILES string of the molecule is N=CNc1sc2c(N3CCOCC3)nc(-c3cnc(N)nc3)nc2c1O. The molecule has 26 heavy (non-hydrogen) atoms. The van der Waals surface area contributed by atoms with Crippen molar-refractivity contribution >= 4 is 44.7 Å². The quantitative estimate of drug-likeness (QED) is 0.393. The van der Waals surface area contributed by atoms with Gasteiger partial charge in [0, 0.05) is 25.5 Å².